The summed E-state index contributed by atoms with van der Waals surface area (Å²) in [6.45, 7) is 0. The van der Waals surface area contributed by atoms with Crippen molar-refractivity contribution >= 4 is 0 Å². The molecule has 10 heavy (non-hydrogen) atoms. The van der Waals surface area contributed by atoms with Crippen LogP contribution in [0.3, 0.4) is 0 Å². The molecule has 1 rings (SSSR count). The third-order valence-corrected chi connectivity index (χ3v) is 2.32. The van der Waals surface area contributed by atoms with Gasteiger partial charge in [-0.1, -0.05) is 19.3 Å². The molecule has 60 valence electrons. The second-order valence-corrected chi connectivity index (χ2v) is 3.32. The third kappa shape index (κ3) is 1.68. The van der Waals surface area contributed by atoms with E-state index in [9.17, 15) is 0 Å². The smallest absolute Gasteiger partial charge is 0.0792 e. The summed E-state index contributed by atoms with van der Waals surface area (Å²) in [6, 6.07) is -0.00463. The third-order valence-electron chi connectivity index (χ3n) is 2.32. The van der Waals surface area contributed by atoms with E-state index in [2.05, 4.69) is 0 Å². The summed E-state index contributed by atoms with van der Waals surface area (Å²) in [5.74, 6) is 0. The molecule has 0 spiro atoms. The van der Waals surface area contributed by atoms with Gasteiger partial charge in [0, 0.05) is 6.04 Å². The van der Waals surface area contributed by atoms with Crippen LogP contribution >= 0.6 is 0 Å². The first-order valence-electron chi connectivity index (χ1n) is 3.96. The Hall–Kier alpha value is -0.120. The Kier molecular flexibility index (Phi) is 2.28. The highest BCUT2D eigenvalue weighted by molar-refractivity contribution is 4.90. The molecule has 1 saturated carbocycles. The van der Waals surface area contributed by atoms with Crippen LogP contribution in [0.5, 0.6) is 0 Å². The van der Waals surface area contributed by atoms with Crippen molar-refractivity contribution in [1.82, 2.24) is 0 Å². The molecule has 1 aliphatic carbocycles. The highest BCUT2D eigenvalue weighted by Gasteiger charge is 2.28. The van der Waals surface area contributed by atoms with Crippen LogP contribution in [0.4, 0.5) is 0 Å². The molecule has 0 aromatic rings. The number of hydrogen-bond acceptors (Lipinski definition) is 3. The normalized spacial score (nSPS) is 33.3. The Labute approximate surface area is 61.9 Å². The van der Waals surface area contributed by atoms with Crippen molar-refractivity contribution in [3.05, 3.63) is 0 Å². The SMILES string of the molecule is NC1CCCCCC1(N)N. The lowest BCUT2D eigenvalue weighted by atomic mass is 9.98. The first-order chi connectivity index (χ1) is 4.63. The fourth-order valence-corrected chi connectivity index (χ4v) is 1.43. The van der Waals surface area contributed by atoms with Crippen LogP contribution in [0, 0.1) is 0 Å². The van der Waals surface area contributed by atoms with Crippen molar-refractivity contribution in [2.75, 3.05) is 0 Å². The summed E-state index contributed by atoms with van der Waals surface area (Å²) in [5, 5.41) is 0. The summed E-state index contributed by atoms with van der Waals surface area (Å²) >= 11 is 0. The van der Waals surface area contributed by atoms with Gasteiger partial charge in [-0.2, -0.15) is 0 Å². The summed E-state index contributed by atoms with van der Waals surface area (Å²) in [4.78, 5) is 0. The number of nitrogens with two attached hydrogens (primary N) is 3. The highest BCUT2D eigenvalue weighted by Crippen LogP contribution is 2.19. The maximum absolute atomic E-state index is 5.77. The molecule has 3 nitrogen and oxygen atoms in total. The van der Waals surface area contributed by atoms with Gasteiger partial charge in [0.2, 0.25) is 0 Å². The second kappa shape index (κ2) is 2.86. The Morgan fingerprint density at radius 2 is 1.80 bits per heavy atom. The van der Waals surface area contributed by atoms with Gasteiger partial charge in [0.1, 0.15) is 0 Å². The van der Waals surface area contributed by atoms with Gasteiger partial charge in [-0.25, -0.2) is 0 Å². The average molecular weight is 143 g/mol. The second-order valence-electron chi connectivity index (χ2n) is 3.32. The zero-order valence-corrected chi connectivity index (χ0v) is 6.34. The van der Waals surface area contributed by atoms with Crippen LogP contribution in [0.2, 0.25) is 0 Å². The van der Waals surface area contributed by atoms with Gasteiger partial charge in [0.15, 0.2) is 0 Å². The summed E-state index contributed by atoms with van der Waals surface area (Å²) in [6.07, 6.45) is 5.38. The maximum Gasteiger partial charge on any atom is 0.0792 e. The first kappa shape index (κ1) is 7.98. The standard InChI is InChI=1S/C7H17N3/c8-6-4-2-1-3-5-7(6,9)10/h6H,1-5,8-10H2. The zero-order chi connectivity index (χ0) is 7.61. The van der Waals surface area contributed by atoms with Gasteiger partial charge < -0.3 is 17.2 Å². The van der Waals surface area contributed by atoms with Crippen LogP contribution in [0.15, 0.2) is 0 Å². The Balaban J connectivity index is 2.52. The van der Waals surface area contributed by atoms with Crippen LogP contribution in [-0.2, 0) is 0 Å². The Morgan fingerprint density at radius 3 is 2.50 bits per heavy atom. The molecular weight excluding hydrogens is 126 g/mol. The fraction of sp³-hybridized carbons (Fsp3) is 1.00. The molecule has 0 saturated heterocycles. The lowest BCUT2D eigenvalue weighted by molar-refractivity contribution is 0.334. The summed E-state index contributed by atoms with van der Waals surface area (Å²) in [7, 11) is 0. The van der Waals surface area contributed by atoms with E-state index in [0.29, 0.717) is 0 Å². The number of hydrogen-bond donors (Lipinski definition) is 3. The monoisotopic (exact) mass is 143 g/mol. The van der Waals surface area contributed by atoms with Crippen LogP contribution in [0.25, 0.3) is 0 Å². The van der Waals surface area contributed by atoms with E-state index in [1.54, 1.807) is 0 Å². The van der Waals surface area contributed by atoms with Crippen molar-refractivity contribution in [2.45, 2.75) is 43.8 Å². The van der Waals surface area contributed by atoms with Gasteiger partial charge in [-0.3, -0.25) is 0 Å². The predicted octanol–water partition coefficient (Wildman–Crippen LogP) is -0.108. The Bertz CT molecular complexity index is 111. The van der Waals surface area contributed by atoms with Crippen molar-refractivity contribution in [1.29, 1.82) is 0 Å². The molecule has 0 aliphatic heterocycles. The minimum atomic E-state index is -0.601. The van der Waals surface area contributed by atoms with Crippen molar-refractivity contribution in [3.8, 4) is 0 Å². The lowest BCUT2D eigenvalue weighted by Gasteiger charge is -2.28. The first-order valence-corrected chi connectivity index (χ1v) is 3.96. The van der Waals surface area contributed by atoms with Crippen LogP contribution in [-0.4, -0.2) is 11.7 Å². The fourth-order valence-electron chi connectivity index (χ4n) is 1.43. The molecule has 0 heterocycles. The molecule has 0 amide bonds. The van der Waals surface area contributed by atoms with E-state index in [-0.39, 0.29) is 6.04 Å². The van der Waals surface area contributed by atoms with Crippen molar-refractivity contribution in [2.24, 2.45) is 17.2 Å². The molecule has 1 aliphatic rings. The molecule has 1 unspecified atom stereocenters. The largest absolute Gasteiger partial charge is 0.325 e. The predicted molar refractivity (Wildman–Crippen MR) is 42.2 cm³/mol. The van der Waals surface area contributed by atoms with Gasteiger partial charge in [0.05, 0.1) is 5.66 Å². The maximum atomic E-state index is 5.77. The minimum Gasteiger partial charge on any atom is -0.325 e. The van der Waals surface area contributed by atoms with E-state index in [1.807, 2.05) is 0 Å². The quantitative estimate of drug-likeness (QED) is 0.327. The van der Waals surface area contributed by atoms with E-state index in [0.717, 1.165) is 19.3 Å². The van der Waals surface area contributed by atoms with Gasteiger partial charge in [-0.05, 0) is 12.8 Å². The molecule has 0 aromatic carbocycles. The van der Waals surface area contributed by atoms with E-state index in [1.165, 1.54) is 12.8 Å². The highest BCUT2D eigenvalue weighted by atomic mass is 15.0. The van der Waals surface area contributed by atoms with E-state index < -0.39 is 5.66 Å². The molecular formula is C7H17N3. The van der Waals surface area contributed by atoms with Crippen LogP contribution in [0.1, 0.15) is 32.1 Å². The minimum absolute atomic E-state index is 0.00463. The summed E-state index contributed by atoms with van der Waals surface area (Å²) in [5.41, 5.74) is 16.7. The van der Waals surface area contributed by atoms with Gasteiger partial charge in [-0.15, -0.1) is 0 Å². The molecule has 1 atom stereocenters. The molecule has 0 bridgehead atoms. The van der Waals surface area contributed by atoms with Gasteiger partial charge in [0.25, 0.3) is 0 Å². The van der Waals surface area contributed by atoms with Crippen molar-refractivity contribution < 1.29 is 0 Å². The van der Waals surface area contributed by atoms with Crippen LogP contribution < -0.4 is 17.2 Å². The molecule has 0 aromatic heterocycles. The molecule has 6 N–H and O–H groups in total. The Morgan fingerprint density at radius 1 is 1.10 bits per heavy atom. The molecule has 0 radical (unpaired) electrons. The average Bonchev–Trinajstić information content (AvgIpc) is 1.96. The lowest BCUT2D eigenvalue weighted by Crippen LogP contribution is -2.61. The van der Waals surface area contributed by atoms with E-state index >= 15 is 0 Å². The van der Waals surface area contributed by atoms with Gasteiger partial charge >= 0.3 is 0 Å². The molecule has 1 fully saturated rings. The van der Waals surface area contributed by atoms with Crippen molar-refractivity contribution in [3.63, 3.8) is 0 Å². The summed E-state index contributed by atoms with van der Waals surface area (Å²) < 4.78 is 0. The zero-order valence-electron chi connectivity index (χ0n) is 6.34. The topological polar surface area (TPSA) is 78.1 Å². The van der Waals surface area contributed by atoms with E-state index in [4.69, 9.17) is 17.2 Å². The number of rotatable bonds is 0. The molecule has 3 heteroatoms.